The topological polar surface area (TPSA) is 129 Å². The molecule has 0 aliphatic rings. The molecule has 0 bridgehead atoms. The van der Waals surface area contributed by atoms with Crippen molar-refractivity contribution in [3.63, 3.8) is 0 Å². The lowest BCUT2D eigenvalue weighted by Crippen LogP contribution is -2.33. The van der Waals surface area contributed by atoms with Crippen LogP contribution in [0.2, 0.25) is 0 Å². The molecule has 1 rings (SSSR count). The maximum absolute atomic E-state index is 11.1. The molecule has 0 spiro atoms. The minimum Gasteiger partial charge on any atom is -0.463 e. The van der Waals surface area contributed by atoms with Gasteiger partial charge in [-0.25, -0.2) is 14.7 Å². The summed E-state index contributed by atoms with van der Waals surface area (Å²) in [5.41, 5.74) is 0. The zero-order valence-electron chi connectivity index (χ0n) is 8.45. The average molecular weight is 249 g/mol. The summed E-state index contributed by atoms with van der Waals surface area (Å²) in [5, 5.41) is 11.8. The van der Waals surface area contributed by atoms with Crippen LogP contribution in [0.3, 0.4) is 0 Å². The lowest BCUT2D eigenvalue weighted by atomic mass is 10.5. The summed E-state index contributed by atoms with van der Waals surface area (Å²) in [5.74, 6) is -0.646. The van der Waals surface area contributed by atoms with E-state index in [4.69, 9.17) is 5.14 Å². The molecule has 1 aromatic rings. The number of hydrogen-bond acceptors (Lipinski definition) is 6. The maximum Gasteiger partial charge on any atom is 0.376 e. The van der Waals surface area contributed by atoms with Gasteiger partial charge in [-0.2, -0.15) is 8.42 Å². The molecule has 1 heterocycles. The third-order valence-corrected chi connectivity index (χ3v) is 2.25. The summed E-state index contributed by atoms with van der Waals surface area (Å²) in [7, 11) is -2.52. The third kappa shape index (κ3) is 3.56. The fourth-order valence-corrected chi connectivity index (χ4v) is 1.35. The Bertz CT molecular complexity index is 467. The smallest absolute Gasteiger partial charge is 0.376 e. The van der Waals surface area contributed by atoms with Crippen molar-refractivity contribution in [1.29, 1.82) is 0 Å². The van der Waals surface area contributed by atoms with Crippen LogP contribution in [0.25, 0.3) is 0 Å². The maximum atomic E-state index is 11.1. The first-order valence-corrected chi connectivity index (χ1v) is 5.72. The summed E-state index contributed by atoms with van der Waals surface area (Å²) < 4.78 is 29.0. The molecule has 9 nitrogen and oxygen atoms in total. The Labute approximate surface area is 91.8 Å². The summed E-state index contributed by atoms with van der Waals surface area (Å²) in [4.78, 5) is 11.1. The number of ether oxygens (including phenoxy) is 1. The van der Waals surface area contributed by atoms with E-state index in [2.05, 4.69) is 19.7 Å². The van der Waals surface area contributed by atoms with Crippen LogP contribution >= 0.6 is 0 Å². The number of esters is 1. The van der Waals surface area contributed by atoms with Crippen LogP contribution in [-0.4, -0.2) is 42.8 Å². The van der Waals surface area contributed by atoms with Crippen LogP contribution in [0.1, 0.15) is 10.6 Å². The van der Waals surface area contributed by atoms with Crippen LogP contribution in [0, 0.1) is 0 Å². The van der Waals surface area contributed by atoms with Gasteiger partial charge in [0, 0.05) is 13.1 Å². The fourth-order valence-electron chi connectivity index (χ4n) is 0.976. The van der Waals surface area contributed by atoms with Gasteiger partial charge in [-0.1, -0.05) is 0 Å². The first-order chi connectivity index (χ1) is 7.44. The molecule has 0 aromatic carbocycles. The SMILES string of the molecule is COC(=O)c1nncn1CCNS(N)(=O)=O. The molecule has 0 aliphatic carbocycles. The fraction of sp³-hybridized carbons (Fsp3) is 0.500. The zero-order chi connectivity index (χ0) is 12.2. The molecular formula is C6H11N5O4S. The van der Waals surface area contributed by atoms with Crippen molar-refractivity contribution >= 4 is 16.2 Å². The van der Waals surface area contributed by atoms with Crippen LogP contribution < -0.4 is 9.86 Å². The van der Waals surface area contributed by atoms with Gasteiger partial charge in [-0.3, -0.25) is 0 Å². The Kier molecular flexibility index (Phi) is 3.93. The standard InChI is InChI=1S/C6H11N5O4S/c1-15-6(12)5-10-8-4-11(5)3-2-9-16(7,13)14/h4,9H,2-3H2,1H3,(H2,7,13,14). The molecule has 3 N–H and O–H groups in total. The van der Waals surface area contributed by atoms with E-state index in [1.165, 1.54) is 18.0 Å². The van der Waals surface area contributed by atoms with Crippen LogP contribution in [-0.2, 0) is 21.5 Å². The lowest BCUT2D eigenvalue weighted by Gasteiger charge is -2.05. The highest BCUT2D eigenvalue weighted by molar-refractivity contribution is 7.87. The minimum atomic E-state index is -3.74. The molecule has 0 atom stereocenters. The molecule has 16 heavy (non-hydrogen) atoms. The first kappa shape index (κ1) is 12.5. The van der Waals surface area contributed by atoms with Gasteiger partial charge in [0.05, 0.1) is 7.11 Å². The van der Waals surface area contributed by atoms with Crippen LogP contribution in [0.4, 0.5) is 0 Å². The molecular weight excluding hydrogens is 238 g/mol. The molecule has 0 fully saturated rings. The normalized spacial score (nSPS) is 11.4. The van der Waals surface area contributed by atoms with E-state index in [-0.39, 0.29) is 18.9 Å². The largest absolute Gasteiger partial charge is 0.463 e. The number of nitrogens with zero attached hydrogens (tertiary/aromatic N) is 3. The first-order valence-electron chi connectivity index (χ1n) is 4.17. The van der Waals surface area contributed by atoms with Crippen LogP contribution in [0.5, 0.6) is 0 Å². The number of methoxy groups -OCH3 is 1. The number of nitrogens with two attached hydrogens (primary N) is 1. The van der Waals surface area contributed by atoms with Gasteiger partial charge in [0.2, 0.25) is 5.82 Å². The highest BCUT2D eigenvalue weighted by Crippen LogP contribution is 1.96. The number of rotatable bonds is 5. The Morgan fingerprint density at radius 3 is 2.94 bits per heavy atom. The van der Waals surface area contributed by atoms with E-state index < -0.39 is 16.2 Å². The molecule has 90 valence electrons. The monoisotopic (exact) mass is 249 g/mol. The number of aromatic nitrogens is 3. The Hall–Kier alpha value is -1.52. The molecule has 0 unspecified atom stereocenters. The summed E-state index contributed by atoms with van der Waals surface area (Å²) in [6.45, 7) is 0.203. The molecule has 0 amide bonds. The average Bonchev–Trinajstić information content (AvgIpc) is 2.63. The van der Waals surface area contributed by atoms with Crippen molar-refractivity contribution in [2.24, 2.45) is 5.14 Å². The Morgan fingerprint density at radius 1 is 1.69 bits per heavy atom. The highest BCUT2D eigenvalue weighted by atomic mass is 32.2. The van der Waals surface area contributed by atoms with Crippen molar-refractivity contribution in [2.45, 2.75) is 6.54 Å². The highest BCUT2D eigenvalue weighted by Gasteiger charge is 2.14. The van der Waals surface area contributed by atoms with E-state index in [0.717, 1.165) is 0 Å². The second-order valence-electron chi connectivity index (χ2n) is 2.78. The molecule has 1 aromatic heterocycles. The van der Waals surface area contributed by atoms with Gasteiger partial charge < -0.3 is 9.30 Å². The predicted molar refractivity (Wildman–Crippen MR) is 52.5 cm³/mol. The van der Waals surface area contributed by atoms with E-state index in [1.807, 2.05) is 0 Å². The third-order valence-electron chi connectivity index (χ3n) is 1.64. The van der Waals surface area contributed by atoms with E-state index in [0.29, 0.717) is 0 Å². The number of nitrogens with one attached hydrogen (secondary N) is 1. The second-order valence-corrected chi connectivity index (χ2v) is 4.16. The Balaban J connectivity index is 2.61. The van der Waals surface area contributed by atoms with Crippen molar-refractivity contribution in [3.05, 3.63) is 12.2 Å². The van der Waals surface area contributed by atoms with Gasteiger partial charge in [-0.15, -0.1) is 10.2 Å². The zero-order valence-corrected chi connectivity index (χ0v) is 9.27. The molecule has 10 heteroatoms. The van der Waals surface area contributed by atoms with Crippen molar-refractivity contribution in [3.8, 4) is 0 Å². The molecule has 0 saturated carbocycles. The van der Waals surface area contributed by atoms with Crippen molar-refractivity contribution in [1.82, 2.24) is 19.5 Å². The Morgan fingerprint density at radius 2 is 2.38 bits per heavy atom. The molecule has 0 saturated heterocycles. The summed E-state index contributed by atoms with van der Waals surface area (Å²) >= 11 is 0. The summed E-state index contributed by atoms with van der Waals surface area (Å²) in [6.07, 6.45) is 1.29. The predicted octanol–water partition coefficient (Wildman–Crippen LogP) is -2.14. The van der Waals surface area contributed by atoms with Gasteiger partial charge >= 0.3 is 5.97 Å². The van der Waals surface area contributed by atoms with Crippen LogP contribution in [0.15, 0.2) is 6.33 Å². The number of hydrogen-bond donors (Lipinski definition) is 2. The van der Waals surface area contributed by atoms with Gasteiger partial charge in [0.15, 0.2) is 0 Å². The number of carbonyl (C=O) groups excluding carboxylic acids is 1. The molecule has 0 radical (unpaired) electrons. The van der Waals surface area contributed by atoms with Gasteiger partial charge in [0.1, 0.15) is 6.33 Å². The molecule has 0 aliphatic heterocycles. The lowest BCUT2D eigenvalue weighted by molar-refractivity contribution is 0.0580. The van der Waals surface area contributed by atoms with E-state index >= 15 is 0 Å². The quantitative estimate of drug-likeness (QED) is 0.573. The minimum absolute atomic E-state index is 0.00119. The summed E-state index contributed by atoms with van der Waals surface area (Å²) in [6, 6.07) is 0. The van der Waals surface area contributed by atoms with Gasteiger partial charge in [-0.05, 0) is 0 Å². The van der Waals surface area contributed by atoms with E-state index in [1.54, 1.807) is 0 Å². The van der Waals surface area contributed by atoms with Crippen molar-refractivity contribution in [2.75, 3.05) is 13.7 Å². The number of carbonyl (C=O) groups is 1. The second kappa shape index (κ2) is 5.01. The van der Waals surface area contributed by atoms with Crippen molar-refractivity contribution < 1.29 is 17.9 Å². The van der Waals surface area contributed by atoms with E-state index in [9.17, 15) is 13.2 Å². The van der Waals surface area contributed by atoms with Gasteiger partial charge in [0.25, 0.3) is 10.2 Å².